The van der Waals surface area contributed by atoms with E-state index in [4.69, 9.17) is 5.11 Å². The Hall–Kier alpha value is -0.900. The molecule has 0 radical (unpaired) electrons. The van der Waals surface area contributed by atoms with Crippen molar-refractivity contribution in [2.24, 2.45) is 0 Å². The van der Waals surface area contributed by atoms with E-state index in [2.05, 4.69) is 6.92 Å². The predicted octanol–water partition coefficient (Wildman–Crippen LogP) is 5.84. The normalized spacial score (nSPS) is 11.0. The van der Waals surface area contributed by atoms with Gasteiger partial charge in [0, 0.05) is 24.7 Å². The van der Waals surface area contributed by atoms with Crippen molar-refractivity contribution in [1.29, 1.82) is 0 Å². The van der Waals surface area contributed by atoms with Crippen LogP contribution in [0.2, 0.25) is 0 Å². The van der Waals surface area contributed by atoms with Gasteiger partial charge in [-0.1, -0.05) is 64.7 Å². The van der Waals surface area contributed by atoms with Crippen molar-refractivity contribution in [2.45, 2.75) is 77.7 Å². The zero-order valence-corrected chi connectivity index (χ0v) is 15.5. The van der Waals surface area contributed by atoms with Gasteiger partial charge in [0.15, 0.2) is 0 Å². The predicted molar refractivity (Wildman–Crippen MR) is 101 cm³/mol. The number of hydrogen-bond acceptors (Lipinski definition) is 2. The SMILES string of the molecule is CCCCCCCCCCCCSCCn1ccc(C(=O)O)c1. The molecule has 1 heterocycles. The number of carboxylic acids is 1. The summed E-state index contributed by atoms with van der Waals surface area (Å²) in [6, 6.07) is 1.66. The van der Waals surface area contributed by atoms with E-state index in [9.17, 15) is 4.79 Å². The third-order valence-corrected chi connectivity index (χ3v) is 5.18. The molecule has 0 fully saturated rings. The van der Waals surface area contributed by atoms with Crippen molar-refractivity contribution in [2.75, 3.05) is 11.5 Å². The summed E-state index contributed by atoms with van der Waals surface area (Å²) in [4.78, 5) is 10.8. The molecule has 1 aromatic rings. The highest BCUT2D eigenvalue weighted by molar-refractivity contribution is 7.99. The summed E-state index contributed by atoms with van der Waals surface area (Å²) in [5, 5.41) is 8.86. The van der Waals surface area contributed by atoms with Gasteiger partial charge in [-0.05, 0) is 18.2 Å². The van der Waals surface area contributed by atoms with Crippen LogP contribution < -0.4 is 0 Å². The third-order valence-electron chi connectivity index (χ3n) is 4.13. The van der Waals surface area contributed by atoms with Gasteiger partial charge in [0.05, 0.1) is 5.56 Å². The average molecular weight is 340 g/mol. The number of aromatic carboxylic acids is 1. The molecule has 0 amide bonds. The molecular formula is C19H33NO2S. The van der Waals surface area contributed by atoms with Crippen LogP contribution in [0.5, 0.6) is 0 Å². The van der Waals surface area contributed by atoms with Gasteiger partial charge in [0.2, 0.25) is 0 Å². The lowest BCUT2D eigenvalue weighted by Crippen LogP contribution is -1.99. The monoisotopic (exact) mass is 339 g/mol. The maximum Gasteiger partial charge on any atom is 0.337 e. The Morgan fingerprint density at radius 2 is 1.61 bits per heavy atom. The number of hydrogen-bond donors (Lipinski definition) is 1. The molecule has 0 unspecified atom stereocenters. The van der Waals surface area contributed by atoms with Gasteiger partial charge < -0.3 is 9.67 Å². The first-order valence-electron chi connectivity index (χ1n) is 9.21. The number of aryl methyl sites for hydroxylation is 1. The lowest BCUT2D eigenvalue weighted by Gasteiger charge is -2.04. The summed E-state index contributed by atoms with van der Waals surface area (Å²) in [6.07, 6.45) is 17.4. The molecule has 0 aliphatic heterocycles. The Morgan fingerprint density at radius 1 is 1.00 bits per heavy atom. The lowest BCUT2D eigenvalue weighted by atomic mass is 10.1. The number of unbranched alkanes of at least 4 members (excludes halogenated alkanes) is 9. The third kappa shape index (κ3) is 10.5. The van der Waals surface area contributed by atoms with Crippen LogP contribution in [0.25, 0.3) is 0 Å². The van der Waals surface area contributed by atoms with E-state index in [1.807, 2.05) is 22.5 Å². The van der Waals surface area contributed by atoms with Crippen LogP contribution >= 0.6 is 11.8 Å². The fraction of sp³-hybridized carbons (Fsp3) is 0.737. The molecule has 0 atom stereocenters. The first-order chi connectivity index (χ1) is 11.2. The average Bonchev–Trinajstić information content (AvgIpc) is 3.01. The number of carbonyl (C=O) groups is 1. The highest BCUT2D eigenvalue weighted by Gasteiger charge is 2.03. The number of thioether (sulfide) groups is 1. The standard InChI is InChI=1S/C19H33NO2S/c1-2-3-4-5-6-7-8-9-10-11-15-23-16-14-20-13-12-18(17-20)19(21)22/h12-13,17H,2-11,14-16H2,1H3,(H,21,22). The summed E-state index contributed by atoms with van der Waals surface area (Å²) >= 11 is 1.97. The largest absolute Gasteiger partial charge is 0.478 e. The molecule has 0 aliphatic rings. The van der Waals surface area contributed by atoms with E-state index in [0.717, 1.165) is 12.3 Å². The van der Waals surface area contributed by atoms with Crippen molar-refractivity contribution < 1.29 is 9.90 Å². The first-order valence-corrected chi connectivity index (χ1v) is 10.4. The van der Waals surface area contributed by atoms with E-state index in [1.165, 1.54) is 70.0 Å². The second kappa shape index (κ2) is 13.5. The fourth-order valence-electron chi connectivity index (χ4n) is 2.67. The zero-order valence-electron chi connectivity index (χ0n) is 14.6. The van der Waals surface area contributed by atoms with Crippen LogP contribution in [-0.2, 0) is 6.54 Å². The van der Waals surface area contributed by atoms with E-state index in [1.54, 1.807) is 12.3 Å². The molecule has 1 aromatic heterocycles. The maximum absolute atomic E-state index is 10.8. The number of rotatable bonds is 15. The Kier molecular flexibility index (Phi) is 11.9. The summed E-state index contributed by atoms with van der Waals surface area (Å²) in [5.41, 5.74) is 0.379. The number of nitrogens with zero attached hydrogens (tertiary/aromatic N) is 1. The molecule has 0 aliphatic carbocycles. The van der Waals surface area contributed by atoms with E-state index in [0.29, 0.717) is 5.56 Å². The molecule has 0 bridgehead atoms. The molecular weight excluding hydrogens is 306 g/mol. The molecule has 3 nitrogen and oxygen atoms in total. The minimum atomic E-state index is -0.846. The van der Waals surface area contributed by atoms with Gasteiger partial charge in [-0.15, -0.1) is 0 Å². The summed E-state index contributed by atoms with van der Waals surface area (Å²) in [6.45, 7) is 3.17. The second-order valence-electron chi connectivity index (χ2n) is 6.24. The van der Waals surface area contributed by atoms with Crippen LogP contribution in [0, 0.1) is 0 Å². The van der Waals surface area contributed by atoms with Crippen molar-refractivity contribution in [1.82, 2.24) is 4.57 Å². The summed E-state index contributed by atoms with van der Waals surface area (Å²) in [7, 11) is 0. The van der Waals surface area contributed by atoms with Crippen molar-refractivity contribution >= 4 is 17.7 Å². The zero-order chi connectivity index (χ0) is 16.8. The molecule has 0 saturated heterocycles. The maximum atomic E-state index is 10.8. The topological polar surface area (TPSA) is 42.2 Å². The van der Waals surface area contributed by atoms with Gasteiger partial charge in [-0.25, -0.2) is 4.79 Å². The van der Waals surface area contributed by atoms with Gasteiger partial charge in [-0.2, -0.15) is 11.8 Å². The van der Waals surface area contributed by atoms with Gasteiger partial charge in [0.1, 0.15) is 0 Å². The lowest BCUT2D eigenvalue weighted by molar-refractivity contribution is 0.0697. The van der Waals surface area contributed by atoms with Crippen LogP contribution in [-0.4, -0.2) is 27.1 Å². The fourth-order valence-corrected chi connectivity index (χ4v) is 3.62. The quantitative estimate of drug-likeness (QED) is 0.408. The van der Waals surface area contributed by atoms with Crippen molar-refractivity contribution in [3.8, 4) is 0 Å². The van der Waals surface area contributed by atoms with Gasteiger partial charge in [0.25, 0.3) is 0 Å². The molecule has 0 saturated carbocycles. The molecule has 4 heteroatoms. The minimum Gasteiger partial charge on any atom is -0.478 e. The summed E-state index contributed by atoms with van der Waals surface area (Å²) < 4.78 is 1.97. The van der Waals surface area contributed by atoms with Crippen LogP contribution in [0.4, 0.5) is 0 Å². The van der Waals surface area contributed by atoms with Crippen LogP contribution in [0.15, 0.2) is 18.5 Å². The van der Waals surface area contributed by atoms with E-state index in [-0.39, 0.29) is 0 Å². The minimum absolute atomic E-state index is 0.379. The molecule has 132 valence electrons. The highest BCUT2D eigenvalue weighted by Crippen LogP contribution is 2.13. The Labute approximate surface area is 145 Å². The van der Waals surface area contributed by atoms with Gasteiger partial charge >= 0.3 is 5.97 Å². The van der Waals surface area contributed by atoms with Crippen LogP contribution in [0.3, 0.4) is 0 Å². The molecule has 23 heavy (non-hydrogen) atoms. The summed E-state index contributed by atoms with van der Waals surface area (Å²) in [5.74, 6) is 1.44. The highest BCUT2D eigenvalue weighted by atomic mass is 32.2. The van der Waals surface area contributed by atoms with E-state index >= 15 is 0 Å². The Bertz CT molecular complexity index is 417. The Morgan fingerprint density at radius 3 is 2.17 bits per heavy atom. The smallest absolute Gasteiger partial charge is 0.337 e. The molecule has 0 aromatic carbocycles. The number of carboxylic acid groups (broad SMARTS) is 1. The molecule has 1 N–H and O–H groups in total. The first kappa shape index (κ1) is 20.1. The second-order valence-corrected chi connectivity index (χ2v) is 7.46. The Balaban J connectivity index is 1.83. The van der Waals surface area contributed by atoms with Gasteiger partial charge in [-0.3, -0.25) is 0 Å². The van der Waals surface area contributed by atoms with Crippen LogP contribution in [0.1, 0.15) is 81.5 Å². The van der Waals surface area contributed by atoms with Crippen molar-refractivity contribution in [3.05, 3.63) is 24.0 Å². The number of aromatic nitrogens is 1. The molecule has 1 rings (SSSR count). The van der Waals surface area contributed by atoms with E-state index < -0.39 is 5.97 Å². The van der Waals surface area contributed by atoms with Crippen molar-refractivity contribution in [3.63, 3.8) is 0 Å². The molecule has 0 spiro atoms.